The minimum atomic E-state index is -3.15. The Morgan fingerprint density at radius 2 is 2.14 bits per heavy atom. The van der Waals surface area contributed by atoms with Crippen molar-refractivity contribution in [3.05, 3.63) is 35.6 Å². The van der Waals surface area contributed by atoms with Crippen molar-refractivity contribution in [3.8, 4) is 0 Å². The summed E-state index contributed by atoms with van der Waals surface area (Å²) >= 11 is 0. The third-order valence-electron chi connectivity index (χ3n) is 1.67. The second kappa shape index (κ2) is 4.52. The summed E-state index contributed by atoms with van der Waals surface area (Å²) < 4.78 is 36.4. The monoisotopic (exact) mass is 217 g/mol. The van der Waals surface area contributed by atoms with E-state index in [1.807, 2.05) is 0 Å². The summed E-state index contributed by atoms with van der Waals surface area (Å²) in [6, 6.07) is 6.11. The maximum atomic E-state index is 12.7. The summed E-state index contributed by atoms with van der Waals surface area (Å²) in [5.74, 6) is -0.304. The Kier molecular flexibility index (Phi) is 3.60. The maximum absolute atomic E-state index is 12.7. The lowest BCUT2D eigenvalue weighted by molar-refractivity contribution is 0.587. The van der Waals surface area contributed by atoms with Crippen molar-refractivity contribution in [3.63, 3.8) is 0 Å². The molecule has 1 rings (SSSR count). The highest BCUT2D eigenvalue weighted by Crippen LogP contribution is 2.03. The predicted molar refractivity (Wildman–Crippen MR) is 53.0 cm³/mol. The molecule has 0 saturated heterocycles. The number of hydrogen-bond acceptors (Lipinski definition) is 2. The summed E-state index contributed by atoms with van der Waals surface area (Å²) in [6.45, 7) is 0.294. The lowest BCUT2D eigenvalue weighted by Crippen LogP contribution is -2.24. The highest BCUT2D eigenvalue weighted by atomic mass is 32.2. The van der Waals surface area contributed by atoms with E-state index >= 15 is 0 Å². The Labute approximate surface area is 83.0 Å². The van der Waals surface area contributed by atoms with Crippen molar-refractivity contribution in [2.45, 2.75) is 6.42 Å². The zero-order chi connectivity index (χ0) is 10.6. The van der Waals surface area contributed by atoms with Crippen LogP contribution in [0.15, 0.2) is 24.3 Å². The van der Waals surface area contributed by atoms with Crippen LogP contribution < -0.4 is 4.72 Å². The van der Waals surface area contributed by atoms with Gasteiger partial charge in [-0.25, -0.2) is 17.5 Å². The molecule has 0 bridgehead atoms. The molecular formula is C9H12FNO2S. The van der Waals surface area contributed by atoms with Gasteiger partial charge < -0.3 is 0 Å². The standard InChI is InChI=1S/C9H12FNO2S/c1-14(12,13)11-6-5-8-3-2-4-9(10)7-8/h2-4,7,11H,5-6H2,1H3. The number of rotatable bonds is 4. The van der Waals surface area contributed by atoms with Gasteiger partial charge in [0.1, 0.15) is 5.82 Å². The second-order valence-corrected chi connectivity index (χ2v) is 4.88. The van der Waals surface area contributed by atoms with E-state index in [9.17, 15) is 12.8 Å². The molecule has 78 valence electrons. The molecule has 0 heterocycles. The fraction of sp³-hybridized carbons (Fsp3) is 0.333. The Morgan fingerprint density at radius 1 is 1.43 bits per heavy atom. The molecule has 1 aromatic rings. The van der Waals surface area contributed by atoms with E-state index in [4.69, 9.17) is 0 Å². The molecule has 0 aromatic heterocycles. The van der Waals surface area contributed by atoms with Gasteiger partial charge in [0.05, 0.1) is 6.26 Å². The van der Waals surface area contributed by atoms with Gasteiger partial charge in [-0.3, -0.25) is 0 Å². The van der Waals surface area contributed by atoms with Crippen LogP contribution in [0, 0.1) is 5.82 Å². The van der Waals surface area contributed by atoms with Crippen LogP contribution in [-0.2, 0) is 16.4 Å². The molecule has 1 N–H and O–H groups in total. The molecule has 0 saturated carbocycles. The molecule has 0 amide bonds. The average Bonchev–Trinajstić information content (AvgIpc) is 2.01. The van der Waals surface area contributed by atoms with Gasteiger partial charge in [-0.05, 0) is 24.1 Å². The van der Waals surface area contributed by atoms with Crippen LogP contribution in [-0.4, -0.2) is 21.2 Å². The number of hydrogen-bond donors (Lipinski definition) is 1. The lowest BCUT2D eigenvalue weighted by atomic mass is 10.1. The van der Waals surface area contributed by atoms with Crippen molar-refractivity contribution < 1.29 is 12.8 Å². The summed E-state index contributed by atoms with van der Waals surface area (Å²) in [4.78, 5) is 0. The molecule has 14 heavy (non-hydrogen) atoms. The quantitative estimate of drug-likeness (QED) is 0.815. The van der Waals surface area contributed by atoms with Crippen LogP contribution in [0.2, 0.25) is 0 Å². The van der Waals surface area contributed by atoms with Gasteiger partial charge in [-0.2, -0.15) is 0 Å². The van der Waals surface area contributed by atoms with Gasteiger partial charge >= 0.3 is 0 Å². The predicted octanol–water partition coefficient (Wildman–Crippen LogP) is 0.917. The highest BCUT2D eigenvalue weighted by molar-refractivity contribution is 7.88. The van der Waals surface area contributed by atoms with Gasteiger partial charge in [0.15, 0.2) is 0 Å². The van der Waals surface area contributed by atoms with Gasteiger partial charge in [-0.1, -0.05) is 12.1 Å². The molecule has 0 radical (unpaired) electrons. The fourth-order valence-corrected chi connectivity index (χ4v) is 1.55. The van der Waals surface area contributed by atoms with Crippen LogP contribution in [0.25, 0.3) is 0 Å². The van der Waals surface area contributed by atoms with Crippen LogP contribution in [0.1, 0.15) is 5.56 Å². The first-order valence-corrected chi connectivity index (χ1v) is 6.05. The van der Waals surface area contributed by atoms with E-state index in [0.29, 0.717) is 13.0 Å². The number of sulfonamides is 1. The Morgan fingerprint density at radius 3 is 2.71 bits per heavy atom. The highest BCUT2D eigenvalue weighted by Gasteiger charge is 2.00. The molecule has 0 atom stereocenters. The van der Waals surface area contributed by atoms with Crippen molar-refractivity contribution >= 4 is 10.0 Å². The van der Waals surface area contributed by atoms with E-state index < -0.39 is 10.0 Å². The number of halogens is 1. The maximum Gasteiger partial charge on any atom is 0.208 e. The zero-order valence-corrected chi connectivity index (χ0v) is 8.64. The van der Waals surface area contributed by atoms with Crippen LogP contribution in [0.4, 0.5) is 4.39 Å². The second-order valence-electron chi connectivity index (χ2n) is 3.05. The van der Waals surface area contributed by atoms with Gasteiger partial charge in [0.2, 0.25) is 10.0 Å². The third kappa shape index (κ3) is 4.34. The summed E-state index contributed by atoms with van der Waals surface area (Å²) in [5, 5.41) is 0. The third-order valence-corrected chi connectivity index (χ3v) is 2.40. The molecule has 0 spiro atoms. The van der Waals surface area contributed by atoms with Crippen molar-refractivity contribution in [2.75, 3.05) is 12.8 Å². The van der Waals surface area contributed by atoms with Gasteiger partial charge in [-0.15, -0.1) is 0 Å². The van der Waals surface area contributed by atoms with E-state index in [2.05, 4.69) is 4.72 Å². The lowest BCUT2D eigenvalue weighted by Gasteiger charge is -2.02. The molecule has 0 fully saturated rings. The summed E-state index contributed by atoms with van der Waals surface area (Å²) in [6.07, 6.45) is 1.59. The summed E-state index contributed by atoms with van der Waals surface area (Å²) in [5.41, 5.74) is 0.779. The molecule has 3 nitrogen and oxygen atoms in total. The fourth-order valence-electron chi connectivity index (χ4n) is 1.07. The molecule has 0 aliphatic rings. The smallest absolute Gasteiger partial charge is 0.208 e. The van der Waals surface area contributed by atoms with Crippen molar-refractivity contribution in [1.29, 1.82) is 0 Å². The minimum Gasteiger partial charge on any atom is -0.215 e. The first-order valence-electron chi connectivity index (χ1n) is 4.16. The first-order chi connectivity index (χ1) is 6.47. The average molecular weight is 217 g/mol. The van der Waals surface area contributed by atoms with Gasteiger partial charge in [0, 0.05) is 6.54 Å². The van der Waals surface area contributed by atoms with E-state index in [1.54, 1.807) is 12.1 Å². The van der Waals surface area contributed by atoms with E-state index in [0.717, 1.165) is 11.8 Å². The Hall–Kier alpha value is -0.940. The van der Waals surface area contributed by atoms with Crippen molar-refractivity contribution in [1.82, 2.24) is 4.72 Å². The SMILES string of the molecule is CS(=O)(=O)NCCc1cccc(F)c1. The van der Waals surface area contributed by atoms with Crippen LogP contribution >= 0.6 is 0 Å². The van der Waals surface area contributed by atoms with E-state index in [1.165, 1.54) is 12.1 Å². The Bertz CT molecular complexity index is 403. The molecule has 1 aromatic carbocycles. The molecule has 5 heteroatoms. The normalized spacial score (nSPS) is 11.6. The number of nitrogens with one attached hydrogen (secondary N) is 1. The zero-order valence-electron chi connectivity index (χ0n) is 7.83. The van der Waals surface area contributed by atoms with Crippen LogP contribution in [0.3, 0.4) is 0 Å². The summed E-state index contributed by atoms with van der Waals surface area (Å²) in [7, 11) is -3.15. The minimum absolute atomic E-state index is 0.294. The Balaban J connectivity index is 2.47. The molecule has 0 aliphatic heterocycles. The van der Waals surface area contributed by atoms with E-state index in [-0.39, 0.29) is 5.82 Å². The number of benzene rings is 1. The first kappa shape index (κ1) is 11.1. The molecular weight excluding hydrogens is 205 g/mol. The van der Waals surface area contributed by atoms with Crippen molar-refractivity contribution in [2.24, 2.45) is 0 Å². The van der Waals surface area contributed by atoms with Crippen LogP contribution in [0.5, 0.6) is 0 Å². The topological polar surface area (TPSA) is 46.2 Å². The molecule has 0 unspecified atom stereocenters. The largest absolute Gasteiger partial charge is 0.215 e. The molecule has 0 aliphatic carbocycles. The van der Waals surface area contributed by atoms with Gasteiger partial charge in [0.25, 0.3) is 0 Å².